The number of carbonyl (C=O) groups is 2. The van der Waals surface area contributed by atoms with E-state index in [2.05, 4.69) is 5.32 Å². The number of hydrogen-bond donors (Lipinski definition) is 1. The van der Waals surface area contributed by atoms with Gasteiger partial charge in [0.05, 0.1) is 5.57 Å². The molecule has 3 nitrogen and oxygen atoms in total. The summed E-state index contributed by atoms with van der Waals surface area (Å²) in [5, 5.41) is 2.41. The van der Waals surface area contributed by atoms with Crippen LogP contribution >= 0.6 is 0 Å². The molecule has 0 saturated heterocycles. The average Bonchev–Trinajstić information content (AvgIpc) is 2.34. The molecule has 0 aromatic rings. The topological polar surface area (TPSA) is 46.2 Å². The second-order valence-electron chi connectivity index (χ2n) is 2.16. The number of nitrogens with one attached hydrogen (secondary N) is 1. The lowest BCUT2D eigenvalue weighted by atomic mass is 10.2. The van der Waals surface area contributed by atoms with Gasteiger partial charge in [0.2, 0.25) is 0 Å². The van der Waals surface area contributed by atoms with Gasteiger partial charge >= 0.3 is 0 Å². The molecule has 1 aliphatic carbocycles. The van der Waals surface area contributed by atoms with Crippen LogP contribution in [-0.4, -0.2) is 18.7 Å². The normalized spacial score (nSPS) is 16.9. The first-order valence-electron chi connectivity index (χ1n) is 3.21. The van der Waals surface area contributed by atoms with Gasteiger partial charge in [0, 0.05) is 13.5 Å². The molecule has 1 aliphatic rings. The molecule has 0 aromatic carbocycles. The maximum Gasteiger partial charge on any atom is 0.254 e. The van der Waals surface area contributed by atoms with E-state index in [-0.39, 0.29) is 11.7 Å². The Hall–Kier alpha value is -1.12. The number of hydrogen-bond acceptors (Lipinski definition) is 2. The molecule has 0 aromatic heterocycles. The van der Waals surface area contributed by atoms with Crippen molar-refractivity contribution in [2.45, 2.75) is 12.8 Å². The minimum Gasteiger partial charge on any atom is -0.355 e. The van der Waals surface area contributed by atoms with Crippen LogP contribution in [0, 0.1) is 0 Å². The summed E-state index contributed by atoms with van der Waals surface area (Å²) in [6.45, 7) is 0. The maximum absolute atomic E-state index is 10.8. The van der Waals surface area contributed by atoms with E-state index >= 15 is 0 Å². The van der Waals surface area contributed by atoms with Crippen LogP contribution in [0.4, 0.5) is 0 Å². The summed E-state index contributed by atoms with van der Waals surface area (Å²) in [5.41, 5.74) is 0.322. The van der Waals surface area contributed by atoms with E-state index in [9.17, 15) is 9.59 Å². The van der Waals surface area contributed by atoms with Crippen LogP contribution in [0.5, 0.6) is 0 Å². The Morgan fingerprint density at radius 3 is 2.80 bits per heavy atom. The van der Waals surface area contributed by atoms with Crippen LogP contribution in [0.1, 0.15) is 12.8 Å². The molecule has 1 rings (SSSR count). The summed E-state index contributed by atoms with van der Waals surface area (Å²) in [5.74, 6) is -0.304. The average molecular weight is 139 g/mol. The highest BCUT2D eigenvalue weighted by molar-refractivity contribution is 6.20. The van der Waals surface area contributed by atoms with E-state index in [1.165, 1.54) is 7.05 Å². The van der Waals surface area contributed by atoms with Gasteiger partial charge in [-0.2, -0.15) is 0 Å². The molecular weight excluding hydrogens is 130 g/mol. The van der Waals surface area contributed by atoms with Crippen molar-refractivity contribution >= 4 is 11.7 Å². The van der Waals surface area contributed by atoms with E-state index in [0.717, 1.165) is 0 Å². The van der Waals surface area contributed by atoms with Gasteiger partial charge in [0.1, 0.15) is 0 Å². The first kappa shape index (κ1) is 6.99. The summed E-state index contributed by atoms with van der Waals surface area (Å²) in [7, 11) is 1.52. The van der Waals surface area contributed by atoms with Crippen molar-refractivity contribution in [1.29, 1.82) is 0 Å². The van der Waals surface area contributed by atoms with Crippen LogP contribution in [0.15, 0.2) is 11.6 Å². The van der Waals surface area contributed by atoms with Gasteiger partial charge in [-0.05, 0) is 6.42 Å². The molecule has 1 amide bonds. The molecule has 3 heteroatoms. The van der Waals surface area contributed by atoms with Crippen LogP contribution in [-0.2, 0) is 9.59 Å². The largest absolute Gasteiger partial charge is 0.355 e. The number of allylic oxidation sites excluding steroid dienone is 1. The Bertz CT molecular complexity index is 206. The van der Waals surface area contributed by atoms with Crippen LogP contribution in [0.25, 0.3) is 0 Å². The number of ketones is 1. The zero-order valence-electron chi connectivity index (χ0n) is 5.81. The van der Waals surface area contributed by atoms with E-state index in [1.54, 1.807) is 6.08 Å². The second kappa shape index (κ2) is 2.64. The summed E-state index contributed by atoms with van der Waals surface area (Å²) in [6.07, 6.45) is 2.88. The van der Waals surface area contributed by atoms with Gasteiger partial charge < -0.3 is 5.32 Å². The van der Waals surface area contributed by atoms with E-state index < -0.39 is 0 Å². The minimum atomic E-state index is -0.262. The number of likely N-dealkylation sites (N-methyl/N-ethyl adjacent to an activating group) is 1. The molecule has 0 heterocycles. The van der Waals surface area contributed by atoms with Crippen molar-refractivity contribution in [2.75, 3.05) is 7.05 Å². The zero-order valence-corrected chi connectivity index (χ0v) is 5.81. The van der Waals surface area contributed by atoms with Crippen molar-refractivity contribution in [3.8, 4) is 0 Å². The highest BCUT2D eigenvalue weighted by Crippen LogP contribution is 2.12. The lowest BCUT2D eigenvalue weighted by molar-refractivity contribution is -0.121. The molecule has 0 atom stereocenters. The summed E-state index contributed by atoms with van der Waals surface area (Å²) < 4.78 is 0. The highest BCUT2D eigenvalue weighted by Gasteiger charge is 2.20. The van der Waals surface area contributed by atoms with Gasteiger partial charge in [-0.25, -0.2) is 0 Å². The SMILES string of the molecule is CNC(=O)C1=CCCC1=O. The number of amides is 1. The minimum absolute atomic E-state index is 0.0423. The Kier molecular flexibility index (Phi) is 1.85. The molecule has 0 bridgehead atoms. The fraction of sp³-hybridized carbons (Fsp3) is 0.429. The van der Waals surface area contributed by atoms with Crippen molar-refractivity contribution in [2.24, 2.45) is 0 Å². The van der Waals surface area contributed by atoms with Crippen LogP contribution in [0.2, 0.25) is 0 Å². The Labute approximate surface area is 59.1 Å². The third-order valence-electron chi connectivity index (χ3n) is 1.49. The fourth-order valence-corrected chi connectivity index (χ4v) is 0.950. The Morgan fingerprint density at radius 2 is 2.40 bits per heavy atom. The number of carbonyl (C=O) groups excluding carboxylic acids is 2. The lowest BCUT2D eigenvalue weighted by Gasteiger charge is -1.95. The molecular formula is C7H9NO2. The first-order valence-corrected chi connectivity index (χ1v) is 3.21. The molecule has 0 radical (unpaired) electrons. The molecule has 0 spiro atoms. The summed E-state index contributed by atoms with van der Waals surface area (Å²) >= 11 is 0. The van der Waals surface area contributed by atoms with Gasteiger partial charge in [0.25, 0.3) is 5.91 Å². The predicted molar refractivity (Wildman–Crippen MR) is 36.4 cm³/mol. The van der Waals surface area contributed by atoms with Crippen molar-refractivity contribution in [1.82, 2.24) is 5.32 Å². The number of Topliss-reactive ketones (excluding diaryl/α,β-unsaturated/α-hetero) is 1. The van der Waals surface area contributed by atoms with Crippen LogP contribution < -0.4 is 5.32 Å². The molecule has 0 aliphatic heterocycles. The molecule has 0 fully saturated rings. The lowest BCUT2D eigenvalue weighted by Crippen LogP contribution is -2.22. The van der Waals surface area contributed by atoms with Crippen molar-refractivity contribution < 1.29 is 9.59 Å². The third kappa shape index (κ3) is 1.07. The number of rotatable bonds is 1. The fourth-order valence-electron chi connectivity index (χ4n) is 0.950. The summed E-state index contributed by atoms with van der Waals surface area (Å²) in [6, 6.07) is 0. The highest BCUT2D eigenvalue weighted by atomic mass is 16.2. The van der Waals surface area contributed by atoms with E-state index in [0.29, 0.717) is 18.4 Å². The molecule has 0 saturated carbocycles. The van der Waals surface area contributed by atoms with Gasteiger partial charge in [0.15, 0.2) is 5.78 Å². The Balaban J connectivity index is 2.72. The van der Waals surface area contributed by atoms with Crippen molar-refractivity contribution in [3.05, 3.63) is 11.6 Å². The van der Waals surface area contributed by atoms with Gasteiger partial charge in [-0.3, -0.25) is 9.59 Å². The molecule has 10 heavy (non-hydrogen) atoms. The maximum atomic E-state index is 10.8. The van der Waals surface area contributed by atoms with Crippen molar-refractivity contribution in [3.63, 3.8) is 0 Å². The monoisotopic (exact) mass is 139 g/mol. The Morgan fingerprint density at radius 1 is 1.70 bits per heavy atom. The predicted octanol–water partition coefficient (Wildman–Crippen LogP) is 0.0217. The second-order valence-corrected chi connectivity index (χ2v) is 2.16. The quantitative estimate of drug-likeness (QED) is 0.520. The zero-order chi connectivity index (χ0) is 7.56. The van der Waals surface area contributed by atoms with E-state index in [1.807, 2.05) is 0 Å². The standard InChI is InChI=1S/C7H9NO2/c1-8-7(10)5-3-2-4-6(5)9/h3H,2,4H2,1H3,(H,8,10). The smallest absolute Gasteiger partial charge is 0.254 e. The van der Waals surface area contributed by atoms with Crippen LogP contribution in [0.3, 0.4) is 0 Å². The van der Waals surface area contributed by atoms with Gasteiger partial charge in [-0.15, -0.1) is 0 Å². The van der Waals surface area contributed by atoms with E-state index in [4.69, 9.17) is 0 Å². The molecule has 0 unspecified atom stereocenters. The summed E-state index contributed by atoms with van der Waals surface area (Å²) in [4.78, 5) is 21.7. The third-order valence-corrected chi connectivity index (χ3v) is 1.49. The van der Waals surface area contributed by atoms with Gasteiger partial charge in [-0.1, -0.05) is 6.08 Å². The molecule has 1 N–H and O–H groups in total. The first-order chi connectivity index (χ1) is 4.75. The molecule has 54 valence electrons.